The van der Waals surface area contributed by atoms with Gasteiger partial charge >= 0.3 is 0 Å². The molecule has 1 amide bonds. The van der Waals surface area contributed by atoms with Gasteiger partial charge in [-0.3, -0.25) is 4.79 Å². The van der Waals surface area contributed by atoms with Crippen LogP contribution in [0.2, 0.25) is 0 Å². The van der Waals surface area contributed by atoms with Crippen LogP contribution in [0.25, 0.3) is 0 Å². The normalized spacial score (nSPS) is 19.8. The highest BCUT2D eigenvalue weighted by atomic mass is 16.5. The molecule has 0 aliphatic carbocycles. The summed E-state index contributed by atoms with van der Waals surface area (Å²) in [6.45, 7) is 0.645. The van der Waals surface area contributed by atoms with Crippen LogP contribution in [0.3, 0.4) is 0 Å². The summed E-state index contributed by atoms with van der Waals surface area (Å²) >= 11 is 0. The first-order chi connectivity index (χ1) is 8.61. The Morgan fingerprint density at radius 2 is 2.33 bits per heavy atom. The number of likely N-dealkylation sites (N-methyl/N-ethyl adjacent to an activating group) is 1. The van der Waals surface area contributed by atoms with E-state index in [-0.39, 0.29) is 11.9 Å². The molecule has 0 aromatic carbocycles. The largest absolute Gasteiger partial charge is 0.490 e. The maximum atomic E-state index is 11.4. The second-order valence-corrected chi connectivity index (χ2v) is 4.29. The van der Waals surface area contributed by atoms with Gasteiger partial charge in [-0.15, -0.1) is 0 Å². The van der Waals surface area contributed by atoms with Crippen molar-refractivity contribution in [1.29, 1.82) is 0 Å². The number of amides is 1. The Kier molecular flexibility index (Phi) is 3.50. The minimum atomic E-state index is 0.149. The van der Waals surface area contributed by atoms with Crippen LogP contribution < -0.4 is 15.8 Å². The molecule has 1 unspecified atom stereocenters. The summed E-state index contributed by atoms with van der Waals surface area (Å²) in [6.07, 6.45) is 2.70. The van der Waals surface area contributed by atoms with E-state index >= 15 is 0 Å². The average molecular weight is 251 g/mol. The molecule has 0 spiro atoms. The number of carbonyl (C=O) groups excluding carboxylic acids is 1. The Hall–Kier alpha value is -2.05. The molecule has 98 valence electrons. The summed E-state index contributed by atoms with van der Waals surface area (Å²) in [5, 5.41) is 3.24. The summed E-state index contributed by atoms with van der Waals surface area (Å²) in [7, 11) is 3.32. The molecule has 0 radical (unpaired) electrons. The Bertz CT molecular complexity index is 451. The third kappa shape index (κ3) is 2.44. The lowest BCUT2D eigenvalue weighted by Gasteiger charge is -2.30. The van der Waals surface area contributed by atoms with E-state index in [0.717, 1.165) is 6.42 Å². The molecule has 3 N–H and O–H groups in total. The van der Waals surface area contributed by atoms with Gasteiger partial charge in [0.15, 0.2) is 11.6 Å². The van der Waals surface area contributed by atoms with Crippen LogP contribution in [-0.2, 0) is 4.79 Å². The maximum absolute atomic E-state index is 11.4. The number of methoxy groups -OCH3 is 1. The van der Waals surface area contributed by atoms with Crippen LogP contribution >= 0.6 is 0 Å². The zero-order valence-corrected chi connectivity index (χ0v) is 10.5. The molecule has 1 atom stereocenters. The van der Waals surface area contributed by atoms with E-state index in [2.05, 4.69) is 15.3 Å². The molecule has 0 bridgehead atoms. The third-order valence-electron chi connectivity index (χ3n) is 3.00. The van der Waals surface area contributed by atoms with E-state index in [9.17, 15) is 4.79 Å². The van der Waals surface area contributed by atoms with E-state index in [1.807, 2.05) is 0 Å². The number of hydrogen-bond acceptors (Lipinski definition) is 6. The first-order valence-corrected chi connectivity index (χ1v) is 5.76. The molecule has 0 saturated carbocycles. The number of rotatable bonds is 3. The van der Waals surface area contributed by atoms with Gasteiger partial charge in [0.05, 0.1) is 7.11 Å². The molecule has 1 saturated heterocycles. The quantitative estimate of drug-likeness (QED) is 0.791. The lowest BCUT2D eigenvalue weighted by Crippen LogP contribution is -2.43. The average Bonchev–Trinajstić information content (AvgIpc) is 2.34. The van der Waals surface area contributed by atoms with Crippen molar-refractivity contribution in [2.45, 2.75) is 18.9 Å². The molecule has 2 heterocycles. The van der Waals surface area contributed by atoms with E-state index in [0.29, 0.717) is 30.4 Å². The van der Waals surface area contributed by atoms with Crippen LogP contribution in [-0.4, -0.2) is 47.5 Å². The SMILES string of the molecule is COc1c(N)ncnc1NC1CCC(=O)N(C)C1. The molecule has 1 aliphatic heterocycles. The number of nitrogens with one attached hydrogen (secondary N) is 1. The molecule has 7 nitrogen and oxygen atoms in total. The Labute approximate surface area is 105 Å². The minimum absolute atomic E-state index is 0.149. The minimum Gasteiger partial charge on any atom is -0.490 e. The van der Waals surface area contributed by atoms with Crippen molar-refractivity contribution in [3.63, 3.8) is 0 Å². The predicted molar refractivity (Wildman–Crippen MR) is 67.3 cm³/mol. The number of nitrogens with two attached hydrogens (primary N) is 1. The number of hydrogen-bond donors (Lipinski definition) is 2. The van der Waals surface area contributed by atoms with Crippen LogP contribution in [0.4, 0.5) is 11.6 Å². The number of nitrogen functional groups attached to an aromatic ring is 1. The van der Waals surface area contributed by atoms with Gasteiger partial charge in [0.1, 0.15) is 6.33 Å². The lowest BCUT2D eigenvalue weighted by molar-refractivity contribution is -0.132. The summed E-state index contributed by atoms with van der Waals surface area (Å²) in [6, 6.07) is 0.149. The molecule has 1 aromatic rings. The van der Waals surface area contributed by atoms with Gasteiger partial charge in [-0.2, -0.15) is 0 Å². The summed E-state index contributed by atoms with van der Waals surface area (Å²) in [5.74, 6) is 1.48. The second kappa shape index (κ2) is 5.07. The molecule has 1 fully saturated rings. The number of aromatic nitrogens is 2. The van der Waals surface area contributed by atoms with Crippen molar-refractivity contribution in [2.24, 2.45) is 0 Å². The number of ether oxygens (including phenoxy) is 1. The van der Waals surface area contributed by atoms with Crippen molar-refractivity contribution in [2.75, 3.05) is 31.8 Å². The van der Waals surface area contributed by atoms with Gasteiger partial charge < -0.3 is 20.7 Å². The zero-order valence-electron chi connectivity index (χ0n) is 10.5. The molecule has 7 heteroatoms. The molecule has 1 aromatic heterocycles. The van der Waals surface area contributed by atoms with Gasteiger partial charge in [-0.25, -0.2) is 9.97 Å². The first-order valence-electron chi connectivity index (χ1n) is 5.76. The molecule has 18 heavy (non-hydrogen) atoms. The Morgan fingerprint density at radius 1 is 1.56 bits per heavy atom. The fraction of sp³-hybridized carbons (Fsp3) is 0.545. The van der Waals surface area contributed by atoms with Crippen molar-refractivity contribution in [1.82, 2.24) is 14.9 Å². The summed E-state index contributed by atoms with van der Waals surface area (Å²) < 4.78 is 5.17. The van der Waals surface area contributed by atoms with E-state index in [4.69, 9.17) is 10.5 Å². The molecular weight excluding hydrogens is 234 g/mol. The topological polar surface area (TPSA) is 93.4 Å². The molecule has 2 rings (SSSR count). The number of nitrogens with zero attached hydrogens (tertiary/aromatic N) is 3. The first kappa shape index (κ1) is 12.4. The highest BCUT2D eigenvalue weighted by Crippen LogP contribution is 2.27. The van der Waals surface area contributed by atoms with Crippen LogP contribution in [0.1, 0.15) is 12.8 Å². The summed E-state index contributed by atoms with van der Waals surface area (Å²) in [5.41, 5.74) is 5.71. The van der Waals surface area contributed by atoms with Crippen LogP contribution in [0.15, 0.2) is 6.33 Å². The Morgan fingerprint density at radius 3 is 3.00 bits per heavy atom. The number of carbonyl (C=O) groups is 1. The maximum Gasteiger partial charge on any atom is 0.222 e. The fourth-order valence-corrected chi connectivity index (χ4v) is 2.01. The van der Waals surface area contributed by atoms with Gasteiger partial charge in [0.25, 0.3) is 0 Å². The fourth-order valence-electron chi connectivity index (χ4n) is 2.01. The monoisotopic (exact) mass is 251 g/mol. The van der Waals surface area contributed by atoms with Gasteiger partial charge in [0, 0.05) is 26.1 Å². The Balaban J connectivity index is 2.10. The smallest absolute Gasteiger partial charge is 0.222 e. The predicted octanol–water partition coefficient (Wildman–Crippen LogP) is 0.100. The van der Waals surface area contributed by atoms with Crippen LogP contribution in [0.5, 0.6) is 5.75 Å². The van der Waals surface area contributed by atoms with Crippen molar-refractivity contribution < 1.29 is 9.53 Å². The van der Waals surface area contributed by atoms with Crippen molar-refractivity contribution in [3.8, 4) is 5.75 Å². The number of piperidine rings is 1. The van der Waals surface area contributed by atoms with Gasteiger partial charge in [-0.1, -0.05) is 0 Å². The van der Waals surface area contributed by atoms with Gasteiger partial charge in [0.2, 0.25) is 11.7 Å². The zero-order chi connectivity index (χ0) is 13.1. The third-order valence-corrected chi connectivity index (χ3v) is 3.00. The highest BCUT2D eigenvalue weighted by Gasteiger charge is 2.24. The molecular formula is C11H17N5O2. The second-order valence-electron chi connectivity index (χ2n) is 4.29. The number of likely N-dealkylation sites (tertiary alicyclic amines) is 1. The van der Waals surface area contributed by atoms with Crippen molar-refractivity contribution in [3.05, 3.63) is 6.33 Å². The van der Waals surface area contributed by atoms with E-state index in [1.54, 1.807) is 11.9 Å². The van der Waals surface area contributed by atoms with Crippen LogP contribution in [0, 0.1) is 0 Å². The summed E-state index contributed by atoms with van der Waals surface area (Å²) in [4.78, 5) is 21.1. The van der Waals surface area contributed by atoms with Crippen molar-refractivity contribution >= 4 is 17.5 Å². The lowest BCUT2D eigenvalue weighted by atomic mass is 10.1. The van der Waals surface area contributed by atoms with E-state index < -0.39 is 0 Å². The van der Waals surface area contributed by atoms with E-state index in [1.165, 1.54) is 13.4 Å². The van der Waals surface area contributed by atoms with Gasteiger partial charge in [-0.05, 0) is 6.42 Å². The molecule has 1 aliphatic rings. The number of anilines is 2. The highest BCUT2D eigenvalue weighted by molar-refractivity contribution is 5.77. The standard InChI is InChI=1S/C11H17N5O2/c1-16-5-7(3-4-8(16)17)15-11-9(18-2)10(12)13-6-14-11/h6-7H,3-5H2,1-2H3,(H3,12,13,14,15).